The normalized spacial score (nSPS) is 29.8. The van der Waals surface area contributed by atoms with Gasteiger partial charge in [-0.05, 0) is 103 Å². The molecular formula is C50H61F3N4O11S2. The highest BCUT2D eigenvalue weighted by atomic mass is 32.2. The first-order valence-corrected chi connectivity index (χ1v) is 26.5. The lowest BCUT2D eigenvalue weighted by molar-refractivity contribution is -0.295. The minimum Gasteiger partial charge on any atom is -0.491 e. The van der Waals surface area contributed by atoms with Crippen molar-refractivity contribution in [1.82, 2.24) is 19.6 Å². The van der Waals surface area contributed by atoms with Gasteiger partial charge in [-0.1, -0.05) is 19.1 Å². The molecule has 1 unspecified atom stereocenters. The number of benzene rings is 1. The van der Waals surface area contributed by atoms with Crippen LogP contribution in [0.3, 0.4) is 0 Å². The zero-order valence-electron chi connectivity index (χ0n) is 40.0. The molecule has 1 N–H and O–H groups in total. The molecule has 2 aliphatic carbocycles. The van der Waals surface area contributed by atoms with Crippen molar-refractivity contribution in [3.05, 3.63) is 60.1 Å². The van der Waals surface area contributed by atoms with Gasteiger partial charge in [-0.2, -0.15) is 13.2 Å². The number of fused-ring (bicyclic) bond motifs is 2. The molecule has 3 aliphatic heterocycles. The van der Waals surface area contributed by atoms with Crippen molar-refractivity contribution in [3.63, 3.8) is 0 Å². The van der Waals surface area contributed by atoms with Crippen molar-refractivity contribution in [3.8, 4) is 33.5 Å². The first kappa shape index (κ1) is 51.4. The average molecular weight is 1020 g/mol. The monoisotopic (exact) mass is 1010 g/mol. The molecule has 15 nitrogen and oxygen atoms in total. The van der Waals surface area contributed by atoms with Gasteiger partial charge in [0.25, 0.3) is 0 Å². The minimum absolute atomic E-state index is 0.00375. The van der Waals surface area contributed by atoms with Crippen molar-refractivity contribution < 1.29 is 64.5 Å². The molecule has 0 spiro atoms. The van der Waals surface area contributed by atoms with Gasteiger partial charge in [0.05, 0.1) is 65.7 Å². The van der Waals surface area contributed by atoms with E-state index in [1.165, 1.54) is 16.2 Å². The van der Waals surface area contributed by atoms with E-state index < -0.39 is 118 Å². The number of Topliss-reactive ketones (excluding diaryl/α,β-unsaturated/α-hetero) is 1. The lowest BCUT2D eigenvalue weighted by Gasteiger charge is -2.38. The number of esters is 1. The van der Waals surface area contributed by atoms with Gasteiger partial charge in [0.1, 0.15) is 28.3 Å². The summed E-state index contributed by atoms with van der Waals surface area (Å²) in [6, 6.07) is 9.54. The molecule has 2 saturated carbocycles. The Morgan fingerprint density at radius 1 is 1.07 bits per heavy atom. The number of aromatic nitrogens is 2. The van der Waals surface area contributed by atoms with Crippen LogP contribution >= 0.6 is 11.3 Å². The molecule has 4 fully saturated rings. The Morgan fingerprint density at radius 3 is 2.46 bits per heavy atom. The number of nitrogens with one attached hydrogen (secondary N) is 1. The maximum atomic E-state index is 15.3. The van der Waals surface area contributed by atoms with E-state index in [0.717, 1.165) is 5.56 Å². The number of pyridine rings is 1. The Labute approximate surface area is 410 Å². The lowest BCUT2D eigenvalue weighted by Crippen LogP contribution is -2.55. The average Bonchev–Trinajstić information content (AvgIpc) is 4.06. The SMILES string of the molecule is CC[C@@H]1O[C@H](C)CC/C=C\[C@@H]2C[C@@]2(C(=O)NS(=O)(=O)C2(C)CC2)CC(=O)[C@@H]2C[C@@H](Oc3cc(-c4ccc(OC(C)C)cc4)nc(-c4nccs4)c3)CN2C(=O)[C@H]1CC(=O)OC1(C(F)(F)F)CCCOC1. The van der Waals surface area contributed by atoms with Crippen LogP contribution in [0.4, 0.5) is 13.2 Å². The van der Waals surface area contributed by atoms with Crippen LogP contribution in [-0.2, 0) is 43.4 Å². The molecule has 3 aromatic rings. The van der Waals surface area contributed by atoms with E-state index in [4.69, 9.17) is 28.7 Å². The number of ether oxygens (including phenoxy) is 5. The summed E-state index contributed by atoms with van der Waals surface area (Å²) in [6.07, 6.45) is -1.87. The molecule has 2 amide bonds. The van der Waals surface area contributed by atoms with E-state index in [-0.39, 0.29) is 44.9 Å². The third-order valence-corrected chi connectivity index (χ3v) is 17.2. The number of hydrogen-bond donors (Lipinski definition) is 1. The maximum Gasteiger partial charge on any atom is 0.430 e. The van der Waals surface area contributed by atoms with Gasteiger partial charge in [-0.25, -0.2) is 18.4 Å². The molecule has 0 radical (unpaired) electrons. The van der Waals surface area contributed by atoms with Gasteiger partial charge < -0.3 is 28.6 Å². The number of carbonyl (C=O) groups excluding carboxylic acids is 4. The number of sulfonamides is 1. The van der Waals surface area contributed by atoms with E-state index >= 15 is 4.79 Å². The lowest BCUT2D eigenvalue weighted by atomic mass is 9.90. The summed E-state index contributed by atoms with van der Waals surface area (Å²) < 4.78 is 101. The predicted octanol–water partition coefficient (Wildman–Crippen LogP) is 8.17. The van der Waals surface area contributed by atoms with Crippen molar-refractivity contribution in [2.45, 2.75) is 152 Å². The smallest absolute Gasteiger partial charge is 0.430 e. The van der Waals surface area contributed by atoms with E-state index in [2.05, 4.69) is 9.71 Å². The second-order valence-electron chi connectivity index (χ2n) is 19.9. The second kappa shape index (κ2) is 20.3. The number of ketones is 1. The molecular weight excluding hydrogens is 954 g/mol. The molecule has 8 rings (SSSR count). The summed E-state index contributed by atoms with van der Waals surface area (Å²) in [5, 5.41) is 2.41. The Kier molecular flexibility index (Phi) is 14.9. The fourth-order valence-electron chi connectivity index (χ4n) is 9.73. The van der Waals surface area contributed by atoms with Crippen LogP contribution in [0.5, 0.6) is 11.5 Å². The number of nitrogens with zero attached hydrogens (tertiary/aromatic N) is 3. The molecule has 2 saturated heterocycles. The predicted molar refractivity (Wildman–Crippen MR) is 252 cm³/mol. The van der Waals surface area contributed by atoms with Crippen LogP contribution in [0, 0.1) is 17.3 Å². The first-order chi connectivity index (χ1) is 33.1. The van der Waals surface area contributed by atoms with Gasteiger partial charge in [0.15, 0.2) is 5.78 Å². The van der Waals surface area contributed by atoms with Gasteiger partial charge in [0.2, 0.25) is 27.4 Å². The number of alkyl halides is 3. The number of carbonyl (C=O) groups is 4. The third-order valence-electron chi connectivity index (χ3n) is 14.2. The number of hydrogen-bond acceptors (Lipinski definition) is 14. The highest BCUT2D eigenvalue weighted by molar-refractivity contribution is 7.91. The van der Waals surface area contributed by atoms with Crippen LogP contribution in [0.15, 0.2) is 60.1 Å². The Hall–Kier alpha value is -4.92. The van der Waals surface area contributed by atoms with Crippen LogP contribution in [0.25, 0.3) is 22.0 Å². The minimum atomic E-state index is -4.97. The highest BCUT2D eigenvalue weighted by Crippen LogP contribution is 2.58. The molecule has 1 aromatic carbocycles. The summed E-state index contributed by atoms with van der Waals surface area (Å²) >= 11 is 1.37. The first-order valence-electron chi connectivity index (χ1n) is 24.1. The molecule has 0 bridgehead atoms. The van der Waals surface area contributed by atoms with Gasteiger partial charge in [-0.15, -0.1) is 11.3 Å². The largest absolute Gasteiger partial charge is 0.491 e. The molecule has 2 aromatic heterocycles. The van der Waals surface area contributed by atoms with E-state index in [1.54, 1.807) is 39.1 Å². The highest BCUT2D eigenvalue weighted by Gasteiger charge is 2.63. The quantitative estimate of drug-likeness (QED) is 0.128. The Balaban J connectivity index is 1.15. The fraction of sp³-hybridized carbons (Fsp3) is 0.600. The summed E-state index contributed by atoms with van der Waals surface area (Å²) in [5.74, 6) is -4.26. The summed E-state index contributed by atoms with van der Waals surface area (Å²) in [4.78, 5) is 69.0. The molecule has 5 aliphatic rings. The molecule has 8 atom stereocenters. The summed E-state index contributed by atoms with van der Waals surface area (Å²) in [7, 11) is -4.08. The second-order valence-corrected chi connectivity index (χ2v) is 23.0. The fourth-order valence-corrected chi connectivity index (χ4v) is 11.7. The van der Waals surface area contributed by atoms with E-state index in [9.17, 15) is 36.0 Å². The number of allylic oxidation sites excluding steroid dienone is 2. The van der Waals surface area contributed by atoms with E-state index in [1.807, 2.05) is 55.6 Å². The van der Waals surface area contributed by atoms with Crippen molar-refractivity contribution in [2.24, 2.45) is 17.3 Å². The van der Waals surface area contributed by atoms with Crippen molar-refractivity contribution in [2.75, 3.05) is 19.8 Å². The molecule has 5 heterocycles. The standard InChI is InChI=1S/C50H61F3N4O11S2/c1-6-42-37(25-43(59)68-49(50(51,52)53)16-9-20-64-29-49)45(60)57-28-36(67-35-22-38(55-39(23-35)44-54-19-21-69-44)32-12-14-34(15-13-32)65-30(2)3)24-40(57)41(58)27-48(26-33(48)11-8-7-10-31(4)66-42)46(61)56-70(62,63)47(5)17-18-47/h8,11-15,19,21-23,30-31,33,36-37,40,42H,6-7,9-10,16-18,20,24-29H2,1-5H3,(H,56,61)/b11-8-/t31-,33-,36-,37+,40+,42+,48-,49?/m1/s1. The van der Waals surface area contributed by atoms with Crippen molar-refractivity contribution >= 4 is 44.9 Å². The van der Waals surface area contributed by atoms with Gasteiger partial charge in [-0.3, -0.25) is 23.9 Å². The van der Waals surface area contributed by atoms with Crippen molar-refractivity contribution in [1.29, 1.82) is 0 Å². The van der Waals surface area contributed by atoms with Crippen LogP contribution in [0.2, 0.25) is 0 Å². The molecule has 380 valence electrons. The molecule has 70 heavy (non-hydrogen) atoms. The Morgan fingerprint density at radius 2 is 1.81 bits per heavy atom. The third kappa shape index (κ3) is 11.1. The van der Waals surface area contributed by atoms with Crippen LogP contribution in [0.1, 0.15) is 105 Å². The summed E-state index contributed by atoms with van der Waals surface area (Å²) in [6.45, 7) is 7.90. The van der Waals surface area contributed by atoms with E-state index in [0.29, 0.717) is 53.6 Å². The maximum absolute atomic E-state index is 15.3. The van der Waals surface area contributed by atoms with Gasteiger partial charge >= 0.3 is 12.1 Å². The Bertz CT molecular complexity index is 2550. The number of amides is 2. The zero-order chi connectivity index (χ0) is 50.2. The number of halogens is 3. The zero-order valence-corrected chi connectivity index (χ0v) is 41.6. The van der Waals surface area contributed by atoms with Crippen LogP contribution in [-0.4, -0.2) is 114 Å². The number of thiazole rings is 1. The van der Waals surface area contributed by atoms with Crippen LogP contribution < -0.4 is 14.2 Å². The topological polar surface area (TPSA) is 190 Å². The van der Waals surface area contributed by atoms with Gasteiger partial charge in [0, 0.05) is 55.1 Å². The summed E-state index contributed by atoms with van der Waals surface area (Å²) in [5.41, 5.74) is -2.59. The molecule has 20 heteroatoms. The number of rotatable bonds is 13.